The molecule has 0 bridgehead atoms. The zero-order valence-corrected chi connectivity index (χ0v) is 10.1. The van der Waals surface area contributed by atoms with Crippen molar-refractivity contribution in [2.24, 2.45) is 7.05 Å². The molecule has 18 heavy (non-hydrogen) atoms. The number of aromatic nitrogens is 3. The Morgan fingerprint density at radius 2 is 2.33 bits per heavy atom. The van der Waals surface area contributed by atoms with Gasteiger partial charge in [-0.2, -0.15) is 5.10 Å². The van der Waals surface area contributed by atoms with Gasteiger partial charge in [0.25, 0.3) is 0 Å². The lowest BCUT2D eigenvalue weighted by atomic mass is 10.2. The van der Waals surface area contributed by atoms with Gasteiger partial charge < -0.3 is 9.73 Å². The van der Waals surface area contributed by atoms with Crippen LogP contribution in [0.4, 0.5) is 5.82 Å². The molecule has 92 valence electrons. The van der Waals surface area contributed by atoms with Gasteiger partial charge in [0.1, 0.15) is 11.4 Å². The molecule has 0 spiro atoms. The third-order valence-corrected chi connectivity index (χ3v) is 2.84. The predicted molar refractivity (Wildman–Crippen MR) is 69.4 cm³/mol. The van der Waals surface area contributed by atoms with Crippen LogP contribution in [0.3, 0.4) is 0 Å². The summed E-state index contributed by atoms with van der Waals surface area (Å²) in [5.41, 5.74) is 2.07. The van der Waals surface area contributed by atoms with Crippen LogP contribution in [0.25, 0.3) is 11.0 Å². The van der Waals surface area contributed by atoms with Crippen LogP contribution in [-0.2, 0) is 13.5 Å². The Bertz CT molecular complexity index is 656. The first-order chi connectivity index (χ1) is 8.83. The highest BCUT2D eigenvalue weighted by Gasteiger charge is 2.04. The van der Waals surface area contributed by atoms with Crippen LogP contribution in [0.15, 0.2) is 41.4 Å². The van der Waals surface area contributed by atoms with Crippen molar-refractivity contribution < 1.29 is 4.42 Å². The van der Waals surface area contributed by atoms with Crippen molar-refractivity contribution in [3.63, 3.8) is 0 Å². The average molecular weight is 242 g/mol. The molecular weight excluding hydrogens is 228 g/mol. The summed E-state index contributed by atoms with van der Waals surface area (Å²) in [4.78, 5) is 4.32. The summed E-state index contributed by atoms with van der Waals surface area (Å²) in [5, 5.41) is 8.48. The van der Waals surface area contributed by atoms with Crippen molar-refractivity contribution in [2.45, 2.75) is 6.42 Å². The van der Waals surface area contributed by atoms with E-state index in [9.17, 15) is 0 Å². The van der Waals surface area contributed by atoms with Gasteiger partial charge in [0.2, 0.25) is 0 Å². The van der Waals surface area contributed by atoms with E-state index in [4.69, 9.17) is 4.42 Å². The minimum absolute atomic E-state index is 0.822. The highest BCUT2D eigenvalue weighted by atomic mass is 16.3. The van der Waals surface area contributed by atoms with Crippen molar-refractivity contribution in [2.75, 3.05) is 11.9 Å². The number of pyridine rings is 1. The molecule has 0 unspecified atom stereocenters. The lowest BCUT2D eigenvalue weighted by Gasteiger charge is -2.04. The monoisotopic (exact) mass is 242 g/mol. The summed E-state index contributed by atoms with van der Waals surface area (Å²) in [6, 6.07) is 3.79. The normalized spacial score (nSPS) is 10.9. The Labute approximate surface area is 104 Å². The number of hydrogen-bond acceptors (Lipinski definition) is 4. The van der Waals surface area contributed by atoms with E-state index in [-0.39, 0.29) is 0 Å². The Morgan fingerprint density at radius 3 is 3.17 bits per heavy atom. The van der Waals surface area contributed by atoms with Crippen LogP contribution in [0.2, 0.25) is 0 Å². The maximum atomic E-state index is 5.33. The average Bonchev–Trinajstić information content (AvgIpc) is 2.98. The van der Waals surface area contributed by atoms with Crippen LogP contribution in [-0.4, -0.2) is 21.3 Å². The van der Waals surface area contributed by atoms with Crippen LogP contribution < -0.4 is 5.32 Å². The summed E-state index contributed by atoms with van der Waals surface area (Å²) >= 11 is 0. The third-order valence-electron chi connectivity index (χ3n) is 2.84. The molecule has 0 radical (unpaired) electrons. The fourth-order valence-corrected chi connectivity index (χ4v) is 1.96. The standard InChI is InChI=1S/C13H14N4O/c1-17-9-10(8-16-17)2-5-14-13-11-4-7-18-12(11)3-6-15-13/h3-4,6-9H,2,5H2,1H3,(H,14,15). The molecule has 0 aliphatic rings. The highest BCUT2D eigenvalue weighted by Crippen LogP contribution is 2.21. The maximum Gasteiger partial charge on any atom is 0.139 e. The zero-order chi connectivity index (χ0) is 12.4. The molecule has 1 N–H and O–H groups in total. The van der Waals surface area contributed by atoms with Crippen molar-refractivity contribution in [1.29, 1.82) is 0 Å². The molecule has 0 aliphatic carbocycles. The Balaban J connectivity index is 1.68. The van der Waals surface area contributed by atoms with E-state index in [1.165, 1.54) is 5.56 Å². The quantitative estimate of drug-likeness (QED) is 0.762. The smallest absolute Gasteiger partial charge is 0.139 e. The molecule has 3 heterocycles. The molecule has 3 aromatic rings. The molecule has 3 aromatic heterocycles. The van der Waals surface area contributed by atoms with Crippen molar-refractivity contribution in [3.8, 4) is 0 Å². The van der Waals surface area contributed by atoms with Gasteiger partial charge in [-0.1, -0.05) is 0 Å². The number of nitrogens with zero attached hydrogens (tertiary/aromatic N) is 3. The number of fused-ring (bicyclic) bond motifs is 1. The topological polar surface area (TPSA) is 55.9 Å². The second-order valence-electron chi connectivity index (χ2n) is 4.19. The third kappa shape index (κ3) is 2.07. The van der Waals surface area contributed by atoms with Gasteiger partial charge in [-0.25, -0.2) is 4.98 Å². The first-order valence-corrected chi connectivity index (χ1v) is 5.86. The molecule has 3 rings (SSSR count). The van der Waals surface area contributed by atoms with E-state index in [0.29, 0.717) is 0 Å². The second kappa shape index (κ2) is 4.52. The Hall–Kier alpha value is -2.30. The number of aryl methyl sites for hydroxylation is 1. The molecule has 5 nitrogen and oxygen atoms in total. The molecule has 0 aliphatic heterocycles. The maximum absolute atomic E-state index is 5.33. The van der Waals surface area contributed by atoms with Gasteiger partial charge in [-0.3, -0.25) is 4.68 Å². The molecule has 0 fully saturated rings. The van der Waals surface area contributed by atoms with Crippen LogP contribution >= 0.6 is 0 Å². The van der Waals surface area contributed by atoms with Crippen LogP contribution in [0.5, 0.6) is 0 Å². The van der Waals surface area contributed by atoms with Gasteiger partial charge in [-0.05, 0) is 24.1 Å². The minimum atomic E-state index is 0.822. The number of furan rings is 1. The fraction of sp³-hybridized carbons (Fsp3) is 0.231. The van der Waals surface area contributed by atoms with Crippen LogP contribution in [0.1, 0.15) is 5.56 Å². The second-order valence-corrected chi connectivity index (χ2v) is 4.19. The zero-order valence-electron chi connectivity index (χ0n) is 10.1. The largest absolute Gasteiger partial charge is 0.464 e. The van der Waals surface area contributed by atoms with Crippen molar-refractivity contribution in [3.05, 3.63) is 42.5 Å². The molecule has 0 atom stereocenters. The van der Waals surface area contributed by atoms with E-state index >= 15 is 0 Å². The Kier molecular flexibility index (Phi) is 2.72. The number of anilines is 1. The summed E-state index contributed by atoms with van der Waals surface area (Å²) < 4.78 is 7.14. The van der Waals surface area contributed by atoms with E-state index < -0.39 is 0 Å². The van der Waals surface area contributed by atoms with Gasteiger partial charge in [0, 0.05) is 26.0 Å². The van der Waals surface area contributed by atoms with E-state index in [2.05, 4.69) is 15.4 Å². The van der Waals surface area contributed by atoms with Crippen LogP contribution in [0, 0.1) is 0 Å². The van der Waals surface area contributed by atoms with Gasteiger partial charge >= 0.3 is 0 Å². The molecule has 0 saturated carbocycles. The van der Waals surface area contributed by atoms with Gasteiger partial charge in [0.15, 0.2) is 0 Å². The molecule has 5 heteroatoms. The summed E-state index contributed by atoms with van der Waals surface area (Å²) in [6.45, 7) is 0.822. The van der Waals surface area contributed by atoms with Crippen molar-refractivity contribution in [1.82, 2.24) is 14.8 Å². The highest BCUT2D eigenvalue weighted by molar-refractivity contribution is 5.87. The summed E-state index contributed by atoms with van der Waals surface area (Å²) in [7, 11) is 1.92. The number of nitrogens with one attached hydrogen (secondary N) is 1. The molecule has 0 amide bonds. The van der Waals surface area contributed by atoms with Crippen molar-refractivity contribution >= 4 is 16.8 Å². The first-order valence-electron chi connectivity index (χ1n) is 5.86. The molecular formula is C13H14N4O. The lowest BCUT2D eigenvalue weighted by molar-refractivity contribution is 0.615. The molecule has 0 aromatic carbocycles. The van der Waals surface area contributed by atoms with Gasteiger partial charge in [-0.15, -0.1) is 0 Å². The predicted octanol–water partition coefficient (Wildman–Crippen LogP) is 2.22. The van der Waals surface area contributed by atoms with E-state index in [1.807, 2.05) is 36.3 Å². The first kappa shape index (κ1) is 10.8. The number of rotatable bonds is 4. The van der Waals surface area contributed by atoms with E-state index in [0.717, 1.165) is 29.8 Å². The summed E-state index contributed by atoms with van der Waals surface area (Å²) in [5.74, 6) is 0.866. The number of hydrogen-bond donors (Lipinski definition) is 1. The minimum Gasteiger partial charge on any atom is -0.464 e. The lowest BCUT2D eigenvalue weighted by Crippen LogP contribution is -2.05. The Morgan fingerprint density at radius 1 is 1.39 bits per heavy atom. The fourth-order valence-electron chi connectivity index (χ4n) is 1.96. The van der Waals surface area contributed by atoms with Gasteiger partial charge in [0.05, 0.1) is 17.8 Å². The molecule has 0 saturated heterocycles. The SMILES string of the molecule is Cn1cc(CCNc2nccc3occc23)cn1. The summed E-state index contributed by atoms with van der Waals surface area (Å²) in [6.07, 6.45) is 8.25. The van der Waals surface area contributed by atoms with E-state index in [1.54, 1.807) is 12.5 Å².